The van der Waals surface area contributed by atoms with E-state index in [-0.39, 0.29) is 23.9 Å². The maximum Gasteiger partial charge on any atom is 0.243 e. The molecule has 0 spiro atoms. The molecule has 1 saturated heterocycles. The number of nitrogens with two attached hydrogens (primary N) is 1. The monoisotopic (exact) mass is 383 g/mol. The van der Waals surface area contributed by atoms with Crippen LogP contribution in [0.5, 0.6) is 5.88 Å². The normalized spacial score (nSPS) is 20.2. The number of ether oxygens (including phenoxy) is 2. The molecule has 4 rings (SSSR count). The second-order valence-electron chi connectivity index (χ2n) is 6.59. The van der Waals surface area contributed by atoms with Gasteiger partial charge in [0.1, 0.15) is 24.0 Å². The van der Waals surface area contributed by atoms with Crippen LogP contribution in [0.1, 0.15) is 31.1 Å². The number of imidazole rings is 1. The molecule has 0 aromatic carbocycles. The fourth-order valence-electron chi connectivity index (χ4n) is 3.33. The second-order valence-corrected chi connectivity index (χ2v) is 6.59. The number of nitrogen functional groups attached to an aromatic ring is 1. The van der Waals surface area contributed by atoms with Crippen LogP contribution in [0.25, 0.3) is 11.2 Å². The van der Waals surface area contributed by atoms with E-state index in [9.17, 15) is 4.79 Å². The number of anilines is 1. The zero-order valence-electron chi connectivity index (χ0n) is 15.6. The fraction of sp³-hybridized carbons (Fsp3) is 0.389. The minimum Gasteiger partial charge on any atom is -0.481 e. The molecular weight excluding hydrogens is 362 g/mol. The summed E-state index contributed by atoms with van der Waals surface area (Å²) in [4.78, 5) is 29.4. The van der Waals surface area contributed by atoms with Crippen molar-refractivity contribution in [1.82, 2.24) is 29.8 Å². The Morgan fingerprint density at radius 1 is 1.36 bits per heavy atom. The number of nitrogens with zero attached hydrogens (tertiary/aromatic N) is 5. The zero-order chi connectivity index (χ0) is 19.7. The first kappa shape index (κ1) is 18.1. The summed E-state index contributed by atoms with van der Waals surface area (Å²) in [6.07, 6.45) is 5.08. The Hall–Kier alpha value is -3.27. The van der Waals surface area contributed by atoms with Crippen LogP contribution in [-0.4, -0.2) is 50.2 Å². The molecule has 1 aliphatic rings. The Morgan fingerprint density at radius 3 is 2.96 bits per heavy atom. The first-order valence-electron chi connectivity index (χ1n) is 8.93. The van der Waals surface area contributed by atoms with Crippen molar-refractivity contribution < 1.29 is 14.3 Å². The molecule has 146 valence electrons. The van der Waals surface area contributed by atoms with Gasteiger partial charge in [-0.25, -0.2) is 19.9 Å². The van der Waals surface area contributed by atoms with Crippen molar-refractivity contribution in [3.63, 3.8) is 0 Å². The number of nitrogens with one attached hydrogen (secondary N) is 1. The molecule has 0 bridgehead atoms. The van der Waals surface area contributed by atoms with Gasteiger partial charge >= 0.3 is 0 Å². The van der Waals surface area contributed by atoms with Gasteiger partial charge < -0.3 is 25.1 Å². The van der Waals surface area contributed by atoms with Crippen LogP contribution in [-0.2, 0) is 9.53 Å². The predicted octanol–water partition coefficient (Wildman–Crippen LogP) is 1.02. The molecule has 1 fully saturated rings. The fourth-order valence-corrected chi connectivity index (χ4v) is 3.33. The molecule has 0 radical (unpaired) electrons. The molecule has 10 heteroatoms. The third-order valence-corrected chi connectivity index (χ3v) is 4.90. The van der Waals surface area contributed by atoms with Gasteiger partial charge in [-0.2, -0.15) is 0 Å². The quantitative estimate of drug-likeness (QED) is 0.668. The number of hydrogen-bond acceptors (Lipinski definition) is 8. The molecule has 28 heavy (non-hydrogen) atoms. The van der Waals surface area contributed by atoms with Crippen molar-refractivity contribution in [2.24, 2.45) is 0 Å². The zero-order valence-corrected chi connectivity index (χ0v) is 15.6. The van der Waals surface area contributed by atoms with Gasteiger partial charge in [0.05, 0.1) is 19.5 Å². The summed E-state index contributed by atoms with van der Waals surface area (Å²) in [5, 5.41) is 3.08. The molecule has 3 aromatic rings. The third kappa shape index (κ3) is 3.22. The van der Waals surface area contributed by atoms with Crippen LogP contribution in [0.15, 0.2) is 31.0 Å². The lowest BCUT2D eigenvalue weighted by molar-refractivity contribution is -0.125. The standard InChI is InChI=1S/C18H21N7O3/c1-10(25-9-23-14-16(19)21-8-22-17(14)25)18(26)24-12-5-6-28-15(12)11-3-4-13(27-2)20-7-11/h3-4,7-10,12,15H,5-6H2,1-2H3,(H,24,26)(H2,19,21,22)/t10?,12-,15+/m1/s1. The van der Waals surface area contributed by atoms with Crippen LogP contribution in [0, 0.1) is 0 Å². The van der Waals surface area contributed by atoms with E-state index in [0.29, 0.717) is 23.7 Å². The van der Waals surface area contributed by atoms with Crippen molar-refractivity contribution in [1.29, 1.82) is 0 Å². The van der Waals surface area contributed by atoms with Crippen molar-refractivity contribution in [2.75, 3.05) is 19.5 Å². The number of pyridine rings is 1. The summed E-state index contributed by atoms with van der Waals surface area (Å²) in [7, 11) is 1.57. The smallest absolute Gasteiger partial charge is 0.243 e. The number of carbonyl (C=O) groups is 1. The van der Waals surface area contributed by atoms with Crippen LogP contribution in [0.2, 0.25) is 0 Å². The van der Waals surface area contributed by atoms with Crippen LogP contribution in [0.4, 0.5) is 5.82 Å². The summed E-state index contributed by atoms with van der Waals surface area (Å²) in [5.41, 5.74) is 7.72. The number of carbonyl (C=O) groups excluding carboxylic acids is 1. The average Bonchev–Trinajstić information content (AvgIpc) is 3.35. The summed E-state index contributed by atoms with van der Waals surface area (Å²) in [5.74, 6) is 0.662. The number of rotatable bonds is 5. The van der Waals surface area contributed by atoms with E-state index in [1.165, 1.54) is 6.33 Å². The topological polar surface area (TPSA) is 130 Å². The van der Waals surface area contributed by atoms with Crippen LogP contribution in [0.3, 0.4) is 0 Å². The van der Waals surface area contributed by atoms with Gasteiger partial charge in [-0.1, -0.05) is 0 Å². The van der Waals surface area contributed by atoms with Crippen LogP contribution >= 0.6 is 0 Å². The molecule has 3 aromatic heterocycles. The van der Waals surface area contributed by atoms with Gasteiger partial charge in [-0.3, -0.25) is 4.79 Å². The first-order valence-corrected chi connectivity index (χ1v) is 8.93. The Bertz CT molecular complexity index is 989. The highest BCUT2D eigenvalue weighted by Crippen LogP contribution is 2.30. The number of aromatic nitrogens is 5. The molecule has 3 N–H and O–H groups in total. The molecular formula is C18H21N7O3. The van der Waals surface area contributed by atoms with Gasteiger partial charge in [0.2, 0.25) is 11.8 Å². The lowest BCUT2D eigenvalue weighted by Crippen LogP contribution is -2.40. The molecule has 1 unspecified atom stereocenters. The van der Waals surface area contributed by atoms with E-state index in [2.05, 4.69) is 25.3 Å². The number of methoxy groups -OCH3 is 1. The third-order valence-electron chi connectivity index (χ3n) is 4.90. The Kier molecular flexibility index (Phi) is 4.78. The van der Waals surface area contributed by atoms with Gasteiger partial charge in [0.25, 0.3) is 0 Å². The van der Waals surface area contributed by atoms with E-state index in [4.69, 9.17) is 15.2 Å². The summed E-state index contributed by atoms with van der Waals surface area (Å²) < 4.78 is 12.6. The van der Waals surface area contributed by atoms with Gasteiger partial charge in [0, 0.05) is 24.4 Å². The second kappa shape index (κ2) is 7.39. The first-order chi connectivity index (χ1) is 13.6. The number of hydrogen-bond donors (Lipinski definition) is 2. The van der Waals surface area contributed by atoms with Gasteiger partial charge in [0.15, 0.2) is 11.5 Å². The minimum absolute atomic E-state index is 0.153. The molecule has 1 amide bonds. The summed E-state index contributed by atoms with van der Waals surface area (Å²) in [6, 6.07) is 3.00. The van der Waals surface area contributed by atoms with Gasteiger partial charge in [-0.05, 0) is 19.4 Å². The summed E-state index contributed by atoms with van der Waals surface area (Å²) in [6.45, 7) is 2.35. The molecule has 0 saturated carbocycles. The van der Waals surface area contributed by atoms with Crippen molar-refractivity contribution >= 4 is 22.9 Å². The van der Waals surface area contributed by atoms with E-state index in [0.717, 1.165) is 12.0 Å². The molecule has 3 atom stereocenters. The molecule has 1 aliphatic heterocycles. The van der Waals surface area contributed by atoms with E-state index in [1.54, 1.807) is 37.2 Å². The minimum atomic E-state index is -0.519. The SMILES string of the molecule is COc1ccc([C@@H]2OCC[C@H]2NC(=O)C(C)n2cnc3c(N)ncnc32)cn1. The van der Waals surface area contributed by atoms with Crippen molar-refractivity contribution in [2.45, 2.75) is 31.5 Å². The predicted molar refractivity (Wildman–Crippen MR) is 100 cm³/mol. The lowest BCUT2D eigenvalue weighted by Gasteiger charge is -2.22. The Morgan fingerprint density at radius 2 is 2.21 bits per heavy atom. The van der Waals surface area contributed by atoms with Gasteiger partial charge in [-0.15, -0.1) is 0 Å². The largest absolute Gasteiger partial charge is 0.481 e. The van der Waals surface area contributed by atoms with E-state index < -0.39 is 6.04 Å². The maximum absolute atomic E-state index is 12.9. The molecule has 4 heterocycles. The van der Waals surface area contributed by atoms with Crippen molar-refractivity contribution in [3.05, 3.63) is 36.5 Å². The Balaban J connectivity index is 1.50. The van der Waals surface area contributed by atoms with E-state index in [1.807, 2.05) is 6.07 Å². The highest BCUT2D eigenvalue weighted by atomic mass is 16.5. The lowest BCUT2D eigenvalue weighted by atomic mass is 10.0. The van der Waals surface area contributed by atoms with E-state index >= 15 is 0 Å². The highest BCUT2D eigenvalue weighted by molar-refractivity contribution is 5.85. The number of fused-ring (bicyclic) bond motifs is 1. The van der Waals surface area contributed by atoms with Crippen molar-refractivity contribution in [3.8, 4) is 5.88 Å². The average molecular weight is 383 g/mol. The van der Waals surface area contributed by atoms with Crippen LogP contribution < -0.4 is 15.8 Å². The number of amides is 1. The Labute approximate surface area is 161 Å². The highest BCUT2D eigenvalue weighted by Gasteiger charge is 2.32. The summed E-state index contributed by atoms with van der Waals surface area (Å²) >= 11 is 0. The molecule has 0 aliphatic carbocycles. The maximum atomic E-state index is 12.9. The molecule has 10 nitrogen and oxygen atoms in total.